The van der Waals surface area contributed by atoms with Crippen LogP contribution in [0, 0.1) is 0 Å². The van der Waals surface area contributed by atoms with E-state index in [4.69, 9.17) is 4.74 Å². The summed E-state index contributed by atoms with van der Waals surface area (Å²) in [5.74, 6) is 1.14. The van der Waals surface area contributed by atoms with Crippen LogP contribution in [0.15, 0.2) is 72.8 Å². The molecule has 3 aromatic rings. The fraction of sp³-hybridized carbons (Fsp3) is 0.240. The van der Waals surface area contributed by atoms with E-state index in [0.29, 0.717) is 36.7 Å². The first kappa shape index (κ1) is 22.8. The Balaban J connectivity index is 1.41. The van der Waals surface area contributed by atoms with E-state index in [9.17, 15) is 13.2 Å². The van der Waals surface area contributed by atoms with Gasteiger partial charge in [0.2, 0.25) is 15.9 Å². The van der Waals surface area contributed by atoms with Crippen molar-refractivity contribution in [3.63, 3.8) is 0 Å². The van der Waals surface area contributed by atoms with Crippen LogP contribution in [0.25, 0.3) is 0 Å². The van der Waals surface area contributed by atoms with Crippen LogP contribution in [0.1, 0.15) is 18.1 Å². The van der Waals surface area contributed by atoms with Crippen LogP contribution in [0.2, 0.25) is 0 Å². The van der Waals surface area contributed by atoms with Gasteiger partial charge in [0, 0.05) is 18.8 Å². The number of ether oxygens (including phenoxy) is 1. The predicted octanol–water partition coefficient (Wildman–Crippen LogP) is 4.24. The summed E-state index contributed by atoms with van der Waals surface area (Å²) >= 11 is 0. The highest BCUT2D eigenvalue weighted by Crippen LogP contribution is 2.30. The van der Waals surface area contributed by atoms with E-state index < -0.39 is 10.0 Å². The third-order valence-electron chi connectivity index (χ3n) is 5.56. The Morgan fingerprint density at radius 3 is 2.48 bits per heavy atom. The Morgan fingerprint density at radius 1 is 0.970 bits per heavy atom. The number of nitrogens with zero attached hydrogens (tertiary/aromatic N) is 1. The van der Waals surface area contributed by atoms with Gasteiger partial charge in [-0.1, -0.05) is 42.5 Å². The molecule has 1 amide bonds. The molecule has 0 atom stereocenters. The fourth-order valence-electron chi connectivity index (χ4n) is 3.81. The largest absolute Gasteiger partial charge is 0.455 e. The van der Waals surface area contributed by atoms with Gasteiger partial charge >= 0.3 is 0 Å². The summed E-state index contributed by atoms with van der Waals surface area (Å²) in [6.45, 7) is 2.53. The number of rotatable bonds is 8. The first-order chi connectivity index (χ1) is 16.0. The normalized spacial score (nSPS) is 13.7. The Morgan fingerprint density at radius 2 is 1.70 bits per heavy atom. The molecule has 2 N–H and O–H groups in total. The molecule has 0 bridgehead atoms. The Bertz CT molecular complexity index is 1230. The molecule has 7 nitrogen and oxygen atoms in total. The highest BCUT2D eigenvalue weighted by atomic mass is 32.2. The lowest BCUT2D eigenvalue weighted by molar-refractivity contribution is -0.114. The van der Waals surface area contributed by atoms with Crippen molar-refractivity contribution >= 4 is 27.3 Å². The van der Waals surface area contributed by atoms with Crippen molar-refractivity contribution in [2.75, 3.05) is 29.5 Å². The molecular weight excluding hydrogens is 438 g/mol. The van der Waals surface area contributed by atoms with Gasteiger partial charge in [-0.3, -0.25) is 4.79 Å². The summed E-state index contributed by atoms with van der Waals surface area (Å²) in [5.41, 5.74) is 3.46. The third-order valence-corrected chi connectivity index (χ3v) is 7.39. The van der Waals surface area contributed by atoms with Gasteiger partial charge in [0.25, 0.3) is 0 Å². The minimum atomic E-state index is -3.23. The fourth-order valence-corrected chi connectivity index (χ4v) is 4.88. The molecule has 33 heavy (non-hydrogen) atoms. The van der Waals surface area contributed by atoms with Crippen LogP contribution in [-0.4, -0.2) is 37.5 Å². The molecule has 1 aliphatic heterocycles. The number of nitrogens with one attached hydrogen (secondary N) is 2. The summed E-state index contributed by atoms with van der Waals surface area (Å²) in [7, 11) is -3.23. The minimum Gasteiger partial charge on any atom is -0.455 e. The van der Waals surface area contributed by atoms with E-state index in [1.165, 1.54) is 4.31 Å². The van der Waals surface area contributed by atoms with Gasteiger partial charge in [0.1, 0.15) is 5.75 Å². The average molecular weight is 466 g/mol. The van der Waals surface area contributed by atoms with Crippen molar-refractivity contribution in [1.82, 2.24) is 4.31 Å². The van der Waals surface area contributed by atoms with E-state index in [1.807, 2.05) is 60.7 Å². The van der Waals surface area contributed by atoms with Gasteiger partial charge in [-0.2, -0.15) is 4.31 Å². The monoisotopic (exact) mass is 465 g/mol. The van der Waals surface area contributed by atoms with E-state index in [2.05, 4.69) is 10.6 Å². The topological polar surface area (TPSA) is 87.7 Å². The predicted molar refractivity (Wildman–Crippen MR) is 130 cm³/mol. The molecule has 0 aromatic heterocycles. The van der Waals surface area contributed by atoms with Gasteiger partial charge in [0.15, 0.2) is 5.75 Å². The number of fused-ring (bicyclic) bond motifs is 1. The van der Waals surface area contributed by atoms with E-state index in [-0.39, 0.29) is 18.2 Å². The third kappa shape index (κ3) is 5.53. The van der Waals surface area contributed by atoms with Gasteiger partial charge in [-0.05, 0) is 54.8 Å². The molecular formula is C25H27N3O4S. The van der Waals surface area contributed by atoms with Gasteiger partial charge in [0.05, 0.1) is 18.0 Å². The maximum absolute atomic E-state index is 12.7. The van der Waals surface area contributed by atoms with Crippen LogP contribution in [-0.2, 0) is 27.8 Å². The zero-order valence-corrected chi connectivity index (χ0v) is 19.3. The highest BCUT2D eigenvalue weighted by Gasteiger charge is 2.26. The zero-order chi connectivity index (χ0) is 23.3. The van der Waals surface area contributed by atoms with E-state index >= 15 is 0 Å². The molecule has 0 aliphatic carbocycles. The lowest BCUT2D eigenvalue weighted by Gasteiger charge is -2.29. The summed E-state index contributed by atoms with van der Waals surface area (Å²) in [6, 6.07) is 22.4. The summed E-state index contributed by atoms with van der Waals surface area (Å²) in [4.78, 5) is 12.7. The van der Waals surface area contributed by atoms with Crippen LogP contribution >= 0.6 is 0 Å². The second-order valence-electron chi connectivity index (χ2n) is 7.74. The number of hydrogen-bond acceptors (Lipinski definition) is 5. The Hall–Kier alpha value is -3.36. The van der Waals surface area contributed by atoms with Crippen LogP contribution in [0.3, 0.4) is 0 Å². The number of hydrogen-bond donors (Lipinski definition) is 2. The second-order valence-corrected chi connectivity index (χ2v) is 10.00. The molecule has 0 spiro atoms. The maximum Gasteiger partial charge on any atom is 0.243 e. The van der Waals surface area contributed by atoms with Crippen molar-refractivity contribution in [1.29, 1.82) is 0 Å². The van der Waals surface area contributed by atoms with Crippen molar-refractivity contribution in [3.05, 3.63) is 83.9 Å². The lowest BCUT2D eigenvalue weighted by Crippen LogP contribution is -2.37. The van der Waals surface area contributed by atoms with E-state index in [0.717, 1.165) is 16.8 Å². The van der Waals surface area contributed by atoms with Crippen molar-refractivity contribution < 1.29 is 17.9 Å². The first-order valence-corrected chi connectivity index (χ1v) is 12.5. The van der Waals surface area contributed by atoms with Gasteiger partial charge < -0.3 is 15.4 Å². The number of para-hydroxylation sites is 3. The number of anilines is 2. The Kier molecular flexibility index (Phi) is 6.96. The first-order valence-electron chi connectivity index (χ1n) is 10.9. The molecule has 1 heterocycles. The zero-order valence-electron chi connectivity index (χ0n) is 18.5. The smallest absolute Gasteiger partial charge is 0.243 e. The molecule has 4 rings (SSSR count). The highest BCUT2D eigenvalue weighted by molar-refractivity contribution is 7.89. The number of amides is 1. The van der Waals surface area contributed by atoms with Crippen molar-refractivity contribution in [3.8, 4) is 11.5 Å². The standard InChI is InChI=1S/C25H27N3O4S/c1-2-33(30,31)28-16-15-21-19(18-28)9-8-13-22(21)26-17-25(29)27-23-12-6-7-14-24(23)32-20-10-4-3-5-11-20/h3-14,26H,2,15-18H2,1H3,(H,27,29). The number of benzene rings is 3. The lowest BCUT2D eigenvalue weighted by atomic mass is 9.99. The maximum atomic E-state index is 12.7. The minimum absolute atomic E-state index is 0.0765. The van der Waals surface area contributed by atoms with Crippen LogP contribution in [0.5, 0.6) is 11.5 Å². The molecule has 8 heteroatoms. The number of carbonyl (C=O) groups excluding carboxylic acids is 1. The van der Waals surface area contributed by atoms with Gasteiger partial charge in [-0.15, -0.1) is 0 Å². The van der Waals surface area contributed by atoms with Crippen LogP contribution in [0.4, 0.5) is 11.4 Å². The molecule has 0 saturated carbocycles. The van der Waals surface area contributed by atoms with Gasteiger partial charge in [-0.25, -0.2) is 8.42 Å². The molecule has 0 radical (unpaired) electrons. The van der Waals surface area contributed by atoms with Crippen molar-refractivity contribution in [2.24, 2.45) is 0 Å². The SMILES string of the molecule is CCS(=O)(=O)N1CCc2c(cccc2NCC(=O)Nc2ccccc2Oc2ccccc2)C1. The molecule has 172 valence electrons. The molecule has 3 aromatic carbocycles. The molecule has 0 unspecified atom stereocenters. The average Bonchev–Trinajstić information content (AvgIpc) is 2.84. The van der Waals surface area contributed by atoms with Crippen molar-refractivity contribution in [2.45, 2.75) is 19.9 Å². The van der Waals surface area contributed by atoms with E-state index in [1.54, 1.807) is 19.1 Å². The van der Waals surface area contributed by atoms with Crippen LogP contribution < -0.4 is 15.4 Å². The number of carbonyl (C=O) groups is 1. The summed E-state index contributed by atoms with van der Waals surface area (Å²) in [6.07, 6.45) is 0.604. The number of sulfonamides is 1. The summed E-state index contributed by atoms with van der Waals surface area (Å²) < 4.78 is 31.9. The quantitative estimate of drug-likeness (QED) is 0.520. The summed E-state index contributed by atoms with van der Waals surface area (Å²) in [5, 5.41) is 6.11. The molecule has 0 fully saturated rings. The second kappa shape index (κ2) is 10.1. The molecule has 0 saturated heterocycles. The molecule has 1 aliphatic rings. The Labute approximate surface area is 194 Å².